The average molecular weight is 1270 g/mol. The lowest BCUT2D eigenvalue weighted by atomic mass is 9.75. The molecule has 0 bridgehead atoms. The number of benzene rings is 6. The Morgan fingerprint density at radius 3 is 2.22 bits per heavy atom. The first-order chi connectivity index (χ1) is 44.4. The van der Waals surface area contributed by atoms with Crippen molar-refractivity contribution in [1.29, 1.82) is 0 Å². The van der Waals surface area contributed by atoms with Crippen molar-refractivity contribution in [3.05, 3.63) is 166 Å². The third kappa shape index (κ3) is 16.3. The Kier molecular flexibility index (Phi) is 23.2. The number of likely N-dealkylation sites (tertiary alicyclic amines) is 1. The lowest BCUT2D eigenvalue weighted by molar-refractivity contribution is -0.130. The molecule has 484 valence electrons. The number of aryl methyl sites for hydroxylation is 2. The summed E-state index contributed by atoms with van der Waals surface area (Å²) in [5.74, 6) is -2.88. The fraction of sp³-hybridized carbons (Fsp3) is 0.386. The van der Waals surface area contributed by atoms with E-state index in [9.17, 15) is 46.8 Å². The summed E-state index contributed by atoms with van der Waals surface area (Å²) in [5.41, 5.74) is 8.53. The topological polar surface area (TPSA) is 269 Å². The summed E-state index contributed by atoms with van der Waals surface area (Å²) in [6.07, 6.45) is 5.03. The van der Waals surface area contributed by atoms with E-state index in [0.717, 1.165) is 84.1 Å². The highest BCUT2D eigenvalue weighted by atomic mass is 32.2. The third-order valence-corrected chi connectivity index (χ3v) is 18.0. The van der Waals surface area contributed by atoms with Crippen LogP contribution in [0.25, 0.3) is 33.4 Å². The molecule has 22 heteroatoms. The summed E-state index contributed by atoms with van der Waals surface area (Å²) in [4.78, 5) is 85.7. The first-order valence-corrected chi connectivity index (χ1v) is 33.5. The summed E-state index contributed by atoms with van der Waals surface area (Å²) in [6, 6.07) is 35.1. The van der Waals surface area contributed by atoms with Crippen molar-refractivity contribution in [3.63, 3.8) is 0 Å². The number of ether oxygens (including phenoxy) is 1. The quantitative estimate of drug-likeness (QED) is 0.00780. The zero-order valence-electron chi connectivity index (χ0n) is 53.0. The van der Waals surface area contributed by atoms with E-state index in [4.69, 9.17) is 13.8 Å². The maximum absolute atomic E-state index is 14.9. The Morgan fingerprint density at radius 2 is 1.49 bits per heavy atom. The van der Waals surface area contributed by atoms with Gasteiger partial charge >= 0.3 is 7.12 Å². The molecule has 4 aliphatic rings. The minimum atomic E-state index is -5.02. The molecule has 1 saturated heterocycles. The molecule has 3 heterocycles. The first kappa shape index (κ1) is 67.7. The standard InChI is InChI=1S/C70H82BN7O13S/c1-6-76(7-2)50-33-35-54-60(42-50)91-61-43-51(77(8-3)9-4)34-36-55(61)63(54)52-25-17-18-26-53(52)70(84)78-40-20-27-59(78)69(83)75-58(45-92(86,87)88)68(82)73-37-19-11-14-28-62(79)72-38-39-74-67(81)56-41-49(66(89-5)64-57(56)44-90-71(64)85)24-16-15-21-46-29-31-48(32-30-46)65(80)47-22-12-10-13-23-47/h10,12-13,17-18,22-23,25-26,29-36,41-43,58-59,85H,6-9,11,14-16,19-21,24,27-28,37-40,44-45H2,1-5H3,(H4-,72,73,74,75,79,81,82,83,86,87,88). The number of unbranched alkanes of at least 4 members (excludes halogenated alkanes) is 3. The average Bonchev–Trinajstić information content (AvgIpc) is 0.976. The van der Waals surface area contributed by atoms with Crippen LogP contribution in [0.1, 0.15) is 132 Å². The zero-order chi connectivity index (χ0) is 65.5. The largest absolute Gasteiger partial charge is 0.748 e. The molecule has 0 radical (unpaired) electrons. The Bertz CT molecular complexity index is 3960. The van der Waals surface area contributed by atoms with Gasteiger partial charge in [0.2, 0.25) is 23.1 Å². The zero-order valence-corrected chi connectivity index (χ0v) is 53.8. The van der Waals surface area contributed by atoms with Gasteiger partial charge < -0.3 is 54.5 Å². The van der Waals surface area contributed by atoms with Crippen molar-refractivity contribution >= 4 is 74.7 Å². The normalized spacial score (nSPS) is 14.0. The van der Waals surface area contributed by atoms with Gasteiger partial charge in [0, 0.05) is 108 Å². The van der Waals surface area contributed by atoms with E-state index in [0.29, 0.717) is 88.0 Å². The number of carbonyl (C=O) groups is 6. The van der Waals surface area contributed by atoms with Crippen LogP contribution in [0.15, 0.2) is 126 Å². The van der Waals surface area contributed by atoms with Crippen LogP contribution in [0.2, 0.25) is 0 Å². The van der Waals surface area contributed by atoms with E-state index < -0.39 is 58.7 Å². The molecule has 0 aromatic heterocycles. The molecule has 9 rings (SSSR count). The van der Waals surface area contributed by atoms with Gasteiger partial charge in [0.15, 0.2) is 5.78 Å². The molecule has 20 nitrogen and oxygen atoms in total. The molecule has 5 aromatic rings. The van der Waals surface area contributed by atoms with Crippen molar-refractivity contribution < 1.29 is 60.6 Å². The molecule has 3 aliphatic heterocycles. The molecule has 1 aliphatic carbocycles. The van der Waals surface area contributed by atoms with Crippen LogP contribution in [0.5, 0.6) is 5.75 Å². The highest BCUT2D eigenvalue weighted by Gasteiger charge is 2.39. The second kappa shape index (κ2) is 31.6. The van der Waals surface area contributed by atoms with Crippen molar-refractivity contribution in [2.75, 3.05) is 70.1 Å². The van der Waals surface area contributed by atoms with Crippen molar-refractivity contribution in [1.82, 2.24) is 30.7 Å². The van der Waals surface area contributed by atoms with Gasteiger partial charge in [0.1, 0.15) is 42.3 Å². The number of hydrogen-bond acceptors (Lipinski definition) is 14. The van der Waals surface area contributed by atoms with Crippen LogP contribution in [0.3, 0.4) is 0 Å². The monoisotopic (exact) mass is 1270 g/mol. The number of fused-ring (bicyclic) bond motifs is 3. The second-order valence-corrected chi connectivity index (χ2v) is 24.6. The fourth-order valence-electron chi connectivity index (χ4n) is 12.5. The number of amides is 5. The molecule has 2 unspecified atom stereocenters. The van der Waals surface area contributed by atoms with E-state index in [-0.39, 0.29) is 57.3 Å². The SMILES string of the molecule is CCN(CC)c1ccc2c(-c3ccccc3C(=O)N3CCCC3C(=O)NC(CS(=O)(=O)[O-])C(=O)NCCCCCC(=O)NCCNC(=O)c3cc(CCCCc4ccc(C(=O)c5ccccc5)cc4)c(OC)c4c3COB4O)c3ccc(=[N+](CC)CC)cc-3oc2c1. The summed E-state index contributed by atoms with van der Waals surface area (Å²) in [6.45, 7) is 12.1. The molecule has 2 atom stereocenters. The first-order valence-electron chi connectivity index (χ1n) is 32.0. The number of methoxy groups -OCH3 is 1. The van der Waals surface area contributed by atoms with E-state index in [1.807, 2.05) is 91.0 Å². The van der Waals surface area contributed by atoms with Gasteiger partial charge in [-0.05, 0) is 132 Å². The molecule has 5 N–H and O–H groups in total. The summed E-state index contributed by atoms with van der Waals surface area (Å²) in [7, 11) is -4.77. The van der Waals surface area contributed by atoms with Gasteiger partial charge in [0.05, 0.1) is 35.7 Å². The second-order valence-electron chi connectivity index (χ2n) is 23.1. The minimum Gasteiger partial charge on any atom is -0.748 e. The smallest absolute Gasteiger partial charge is 0.495 e. The van der Waals surface area contributed by atoms with Crippen molar-refractivity contribution in [2.45, 2.75) is 111 Å². The predicted molar refractivity (Wildman–Crippen MR) is 354 cm³/mol. The number of carbonyl (C=O) groups excluding carboxylic acids is 6. The van der Waals surface area contributed by atoms with Gasteiger partial charge in [0.25, 0.3) is 11.8 Å². The van der Waals surface area contributed by atoms with Crippen LogP contribution in [0.4, 0.5) is 5.69 Å². The Labute approximate surface area is 538 Å². The fourth-order valence-corrected chi connectivity index (χ4v) is 13.1. The Balaban J connectivity index is 0.749. The maximum Gasteiger partial charge on any atom is 0.495 e. The minimum absolute atomic E-state index is 0.0135. The van der Waals surface area contributed by atoms with E-state index in [1.165, 1.54) is 12.0 Å². The molecule has 0 saturated carbocycles. The lowest BCUT2D eigenvalue weighted by Crippen LogP contribution is -2.55. The molecule has 1 fully saturated rings. The van der Waals surface area contributed by atoms with Gasteiger partial charge in [-0.2, -0.15) is 0 Å². The van der Waals surface area contributed by atoms with Gasteiger partial charge in [-0.25, -0.2) is 13.0 Å². The highest BCUT2D eigenvalue weighted by molar-refractivity contribution is 7.85. The summed E-state index contributed by atoms with van der Waals surface area (Å²) in [5, 5.41) is 23.4. The summed E-state index contributed by atoms with van der Waals surface area (Å²) < 4.78 is 56.7. The van der Waals surface area contributed by atoms with Crippen LogP contribution in [-0.4, -0.2) is 143 Å². The van der Waals surface area contributed by atoms with E-state index in [1.54, 1.807) is 30.3 Å². The van der Waals surface area contributed by atoms with Crippen LogP contribution < -0.4 is 46.3 Å². The van der Waals surface area contributed by atoms with Gasteiger partial charge in [-0.1, -0.05) is 79.2 Å². The van der Waals surface area contributed by atoms with Gasteiger partial charge in [-0.3, -0.25) is 28.8 Å². The number of rotatable bonds is 30. The summed E-state index contributed by atoms with van der Waals surface area (Å²) >= 11 is 0. The number of nitrogens with zero attached hydrogens (tertiary/aromatic N) is 3. The number of ketones is 1. The lowest BCUT2D eigenvalue weighted by Gasteiger charge is -2.28. The van der Waals surface area contributed by atoms with Crippen molar-refractivity contribution in [2.24, 2.45) is 0 Å². The number of anilines is 1. The number of hydrogen-bond donors (Lipinski definition) is 5. The van der Waals surface area contributed by atoms with Crippen LogP contribution in [-0.2, 0) is 48.6 Å². The predicted octanol–water partition coefficient (Wildman–Crippen LogP) is 6.74. The van der Waals surface area contributed by atoms with Crippen molar-refractivity contribution in [3.8, 4) is 28.2 Å². The highest BCUT2D eigenvalue weighted by Crippen LogP contribution is 2.43. The van der Waals surface area contributed by atoms with E-state index in [2.05, 4.69) is 58.4 Å². The molecule has 0 spiro atoms. The van der Waals surface area contributed by atoms with Crippen LogP contribution >= 0.6 is 0 Å². The maximum atomic E-state index is 14.9. The van der Waals surface area contributed by atoms with E-state index >= 15 is 0 Å². The molecular weight excluding hydrogens is 1190 g/mol. The molecular formula is C70H82BN7O13S. The third-order valence-electron chi connectivity index (χ3n) is 17.3. The Morgan fingerprint density at radius 1 is 0.772 bits per heavy atom. The van der Waals surface area contributed by atoms with Gasteiger partial charge in [-0.15, -0.1) is 0 Å². The molecule has 5 aromatic carbocycles. The molecule has 92 heavy (non-hydrogen) atoms. The molecule has 5 amide bonds. The Hall–Kier alpha value is -8.70. The van der Waals surface area contributed by atoms with Crippen LogP contribution in [0, 0.1) is 0 Å². The number of nitrogens with one attached hydrogen (secondary N) is 4.